The maximum atomic E-state index is 5.65. The Labute approximate surface area is 121 Å². The molecule has 1 N–H and O–H groups in total. The third kappa shape index (κ3) is 4.29. The second kappa shape index (κ2) is 7.21. The molecule has 0 aliphatic rings. The molecule has 0 amide bonds. The summed E-state index contributed by atoms with van der Waals surface area (Å²) < 4.78 is 6.54. The highest BCUT2D eigenvalue weighted by Crippen LogP contribution is 2.27. The van der Waals surface area contributed by atoms with E-state index in [0.29, 0.717) is 5.88 Å². The standard InChI is InChI=1S/C14H16BrN3O/c1-2-9-16-10-11-7-8-14(18-17-11)19-13-6-4-3-5-12(13)15/h3-8,16H,2,9-10H2,1H3. The summed E-state index contributed by atoms with van der Waals surface area (Å²) in [5, 5.41) is 11.5. The fourth-order valence-electron chi connectivity index (χ4n) is 1.53. The van der Waals surface area contributed by atoms with Crippen molar-refractivity contribution in [2.75, 3.05) is 6.54 Å². The Kier molecular flexibility index (Phi) is 5.30. The molecule has 0 bridgehead atoms. The molecule has 2 aromatic rings. The van der Waals surface area contributed by atoms with Crippen molar-refractivity contribution in [1.29, 1.82) is 0 Å². The first-order valence-electron chi connectivity index (χ1n) is 6.25. The lowest BCUT2D eigenvalue weighted by molar-refractivity contribution is 0.450. The number of nitrogens with one attached hydrogen (secondary N) is 1. The Morgan fingerprint density at radius 2 is 2.00 bits per heavy atom. The molecule has 0 atom stereocenters. The molecule has 4 nitrogen and oxygen atoms in total. The second-order valence-corrected chi connectivity index (χ2v) is 4.93. The van der Waals surface area contributed by atoms with Gasteiger partial charge in [-0.1, -0.05) is 19.1 Å². The van der Waals surface area contributed by atoms with Crippen molar-refractivity contribution in [2.45, 2.75) is 19.9 Å². The molecule has 1 aromatic carbocycles. The van der Waals surface area contributed by atoms with Crippen LogP contribution >= 0.6 is 15.9 Å². The highest BCUT2D eigenvalue weighted by Gasteiger charge is 2.03. The van der Waals surface area contributed by atoms with Crippen molar-refractivity contribution >= 4 is 15.9 Å². The second-order valence-electron chi connectivity index (χ2n) is 4.07. The molecular weight excluding hydrogens is 306 g/mol. The molecule has 5 heteroatoms. The smallest absolute Gasteiger partial charge is 0.238 e. The summed E-state index contributed by atoms with van der Waals surface area (Å²) in [6, 6.07) is 11.4. The fourth-order valence-corrected chi connectivity index (χ4v) is 1.90. The number of halogens is 1. The minimum absolute atomic E-state index is 0.492. The van der Waals surface area contributed by atoms with E-state index >= 15 is 0 Å². The zero-order valence-electron chi connectivity index (χ0n) is 10.8. The number of hydrogen-bond donors (Lipinski definition) is 1. The SMILES string of the molecule is CCCNCc1ccc(Oc2ccccc2Br)nn1. The number of aromatic nitrogens is 2. The summed E-state index contributed by atoms with van der Waals surface area (Å²) in [4.78, 5) is 0. The van der Waals surface area contributed by atoms with Gasteiger partial charge in [0, 0.05) is 12.6 Å². The van der Waals surface area contributed by atoms with Crippen LogP contribution in [0.25, 0.3) is 0 Å². The van der Waals surface area contributed by atoms with E-state index in [9.17, 15) is 0 Å². The van der Waals surface area contributed by atoms with Crippen LogP contribution in [0.3, 0.4) is 0 Å². The lowest BCUT2D eigenvalue weighted by Crippen LogP contribution is -2.15. The molecule has 0 aliphatic heterocycles. The maximum Gasteiger partial charge on any atom is 0.238 e. The lowest BCUT2D eigenvalue weighted by Gasteiger charge is -2.06. The molecule has 1 heterocycles. The monoisotopic (exact) mass is 321 g/mol. The molecule has 0 saturated carbocycles. The number of ether oxygens (including phenoxy) is 1. The van der Waals surface area contributed by atoms with Crippen LogP contribution in [0.4, 0.5) is 0 Å². The van der Waals surface area contributed by atoms with Crippen LogP contribution in [0.1, 0.15) is 19.0 Å². The van der Waals surface area contributed by atoms with E-state index in [4.69, 9.17) is 4.74 Å². The topological polar surface area (TPSA) is 47.0 Å². The average molecular weight is 322 g/mol. The van der Waals surface area contributed by atoms with Crippen molar-refractivity contribution in [3.8, 4) is 11.6 Å². The average Bonchev–Trinajstić information content (AvgIpc) is 2.44. The van der Waals surface area contributed by atoms with E-state index in [-0.39, 0.29) is 0 Å². The molecule has 100 valence electrons. The predicted octanol–water partition coefficient (Wildman–Crippen LogP) is 3.53. The van der Waals surface area contributed by atoms with Crippen molar-refractivity contribution in [3.05, 3.63) is 46.6 Å². The van der Waals surface area contributed by atoms with E-state index in [2.05, 4.69) is 38.4 Å². The Morgan fingerprint density at radius 1 is 1.16 bits per heavy atom. The fraction of sp³-hybridized carbons (Fsp3) is 0.286. The summed E-state index contributed by atoms with van der Waals surface area (Å²) in [6.07, 6.45) is 1.11. The molecule has 0 spiro atoms. The molecule has 0 radical (unpaired) electrons. The van der Waals surface area contributed by atoms with Gasteiger partial charge in [-0.2, -0.15) is 5.10 Å². The van der Waals surface area contributed by atoms with Crippen LogP contribution in [0.2, 0.25) is 0 Å². The third-order valence-electron chi connectivity index (χ3n) is 2.48. The summed E-state index contributed by atoms with van der Waals surface area (Å²) in [5.41, 5.74) is 0.910. The highest BCUT2D eigenvalue weighted by atomic mass is 79.9. The molecule has 0 aliphatic carbocycles. The molecule has 1 aromatic heterocycles. The molecule has 0 saturated heterocycles. The van der Waals surface area contributed by atoms with Crippen molar-refractivity contribution in [1.82, 2.24) is 15.5 Å². The number of hydrogen-bond acceptors (Lipinski definition) is 4. The lowest BCUT2D eigenvalue weighted by atomic mass is 10.3. The third-order valence-corrected chi connectivity index (χ3v) is 3.13. The first-order chi connectivity index (χ1) is 9.29. The van der Waals surface area contributed by atoms with Gasteiger partial charge in [0.15, 0.2) is 0 Å². The van der Waals surface area contributed by atoms with Crippen molar-refractivity contribution in [3.63, 3.8) is 0 Å². The van der Waals surface area contributed by atoms with Gasteiger partial charge in [-0.25, -0.2) is 0 Å². The summed E-state index contributed by atoms with van der Waals surface area (Å²) in [6.45, 7) is 3.85. The predicted molar refractivity (Wildman–Crippen MR) is 78.2 cm³/mol. The van der Waals surface area contributed by atoms with Crippen LogP contribution in [-0.4, -0.2) is 16.7 Å². The van der Waals surface area contributed by atoms with E-state index < -0.39 is 0 Å². The van der Waals surface area contributed by atoms with Crippen LogP contribution in [-0.2, 0) is 6.54 Å². The van der Waals surface area contributed by atoms with Gasteiger partial charge in [0.25, 0.3) is 0 Å². The Morgan fingerprint density at radius 3 is 2.68 bits per heavy atom. The maximum absolute atomic E-state index is 5.65. The van der Waals surface area contributed by atoms with Crippen molar-refractivity contribution < 1.29 is 4.74 Å². The van der Waals surface area contributed by atoms with Crippen LogP contribution in [0.5, 0.6) is 11.6 Å². The largest absolute Gasteiger partial charge is 0.436 e. The normalized spacial score (nSPS) is 10.4. The van der Waals surface area contributed by atoms with E-state index in [1.807, 2.05) is 36.4 Å². The van der Waals surface area contributed by atoms with Gasteiger partial charge < -0.3 is 10.1 Å². The number of benzene rings is 1. The van der Waals surface area contributed by atoms with E-state index in [1.54, 1.807) is 0 Å². The van der Waals surface area contributed by atoms with Gasteiger partial charge >= 0.3 is 0 Å². The minimum atomic E-state index is 0.492. The van der Waals surface area contributed by atoms with E-state index in [0.717, 1.165) is 35.4 Å². The van der Waals surface area contributed by atoms with Gasteiger partial charge in [-0.15, -0.1) is 5.10 Å². The van der Waals surface area contributed by atoms with Crippen LogP contribution in [0.15, 0.2) is 40.9 Å². The Hall–Kier alpha value is -1.46. The molecule has 19 heavy (non-hydrogen) atoms. The summed E-state index contributed by atoms with van der Waals surface area (Å²) in [5.74, 6) is 1.22. The quantitative estimate of drug-likeness (QED) is 0.827. The Balaban J connectivity index is 1.97. The van der Waals surface area contributed by atoms with Gasteiger partial charge in [0.05, 0.1) is 10.2 Å². The van der Waals surface area contributed by atoms with Gasteiger partial charge in [0.2, 0.25) is 5.88 Å². The first kappa shape index (κ1) is 14.0. The number of para-hydroxylation sites is 1. The first-order valence-corrected chi connectivity index (χ1v) is 7.04. The van der Waals surface area contributed by atoms with Crippen LogP contribution in [0, 0.1) is 0 Å². The molecular formula is C14H16BrN3O. The highest BCUT2D eigenvalue weighted by molar-refractivity contribution is 9.10. The number of rotatable bonds is 6. The molecule has 0 unspecified atom stereocenters. The minimum Gasteiger partial charge on any atom is -0.436 e. The van der Waals surface area contributed by atoms with Gasteiger partial charge in [-0.05, 0) is 47.1 Å². The Bertz CT molecular complexity index is 516. The zero-order chi connectivity index (χ0) is 13.5. The van der Waals surface area contributed by atoms with Gasteiger partial charge in [-0.3, -0.25) is 0 Å². The van der Waals surface area contributed by atoms with Gasteiger partial charge in [0.1, 0.15) is 5.75 Å². The van der Waals surface area contributed by atoms with Crippen LogP contribution < -0.4 is 10.1 Å². The van der Waals surface area contributed by atoms with E-state index in [1.165, 1.54) is 0 Å². The molecule has 0 fully saturated rings. The van der Waals surface area contributed by atoms with Crippen molar-refractivity contribution in [2.24, 2.45) is 0 Å². The zero-order valence-corrected chi connectivity index (χ0v) is 12.4. The summed E-state index contributed by atoms with van der Waals surface area (Å²) in [7, 11) is 0. The number of nitrogens with zero attached hydrogens (tertiary/aromatic N) is 2. The molecule has 2 rings (SSSR count). The summed E-state index contributed by atoms with van der Waals surface area (Å²) >= 11 is 3.43.